The average Bonchev–Trinajstić information content (AvgIpc) is 3.68. The van der Waals surface area contributed by atoms with E-state index < -0.39 is 0 Å². The fourth-order valence-corrected chi connectivity index (χ4v) is 7.40. The van der Waals surface area contributed by atoms with Crippen LogP contribution in [0.2, 0.25) is 0 Å². The van der Waals surface area contributed by atoms with E-state index in [0.29, 0.717) is 5.82 Å². The van der Waals surface area contributed by atoms with Crippen molar-refractivity contribution in [2.24, 2.45) is 0 Å². The van der Waals surface area contributed by atoms with Gasteiger partial charge < -0.3 is 9.13 Å². The summed E-state index contributed by atoms with van der Waals surface area (Å²) in [7, 11) is 0. The first-order valence-electron chi connectivity index (χ1n) is 16.3. The number of hydrogen-bond acceptors (Lipinski definition) is 2. The van der Waals surface area contributed by atoms with Crippen LogP contribution in [0.1, 0.15) is 0 Å². The smallest absolute Gasteiger partial charge is 0.160 e. The Morgan fingerprint density at radius 2 is 0.854 bits per heavy atom. The molecule has 0 amide bonds. The molecule has 0 bridgehead atoms. The molecule has 7 aromatic carbocycles. The Bertz CT molecular complexity index is 2810. The lowest BCUT2D eigenvalue weighted by atomic mass is 10.0. The molecule has 0 atom stereocenters. The first-order chi connectivity index (χ1) is 23.8. The first kappa shape index (κ1) is 26.7. The van der Waals surface area contributed by atoms with Crippen LogP contribution in [0.4, 0.5) is 0 Å². The SMILES string of the molecule is c1ccc(-c2nc(-c3ccccc3)c3ccc(-n4c5ccccc5c5ccc6c7ccccc7n(-c7ccccc7)c6c54)cc3n2)cc1. The number of fused-ring (bicyclic) bond motifs is 8. The zero-order valence-electron chi connectivity index (χ0n) is 26.0. The quantitative estimate of drug-likeness (QED) is 0.198. The van der Waals surface area contributed by atoms with Gasteiger partial charge in [0.15, 0.2) is 5.82 Å². The summed E-state index contributed by atoms with van der Waals surface area (Å²) in [5.74, 6) is 0.716. The van der Waals surface area contributed by atoms with Crippen molar-refractivity contribution in [1.82, 2.24) is 19.1 Å². The topological polar surface area (TPSA) is 35.6 Å². The molecular formula is C44H28N4. The molecule has 0 unspecified atom stereocenters. The Hall–Kier alpha value is -6.52. The molecule has 0 fully saturated rings. The number of aromatic nitrogens is 4. The molecule has 0 N–H and O–H groups in total. The Kier molecular flexibility index (Phi) is 5.84. The van der Waals surface area contributed by atoms with Crippen molar-refractivity contribution in [3.63, 3.8) is 0 Å². The molecule has 0 aliphatic rings. The fraction of sp³-hybridized carbons (Fsp3) is 0. The molecule has 4 heteroatoms. The van der Waals surface area contributed by atoms with Crippen molar-refractivity contribution in [3.8, 4) is 34.0 Å². The molecule has 0 radical (unpaired) electrons. The molecule has 0 aliphatic heterocycles. The van der Waals surface area contributed by atoms with Gasteiger partial charge >= 0.3 is 0 Å². The molecule has 0 saturated carbocycles. The van der Waals surface area contributed by atoms with Gasteiger partial charge in [-0.05, 0) is 42.5 Å². The minimum Gasteiger partial charge on any atom is -0.307 e. The van der Waals surface area contributed by atoms with Crippen LogP contribution in [0, 0.1) is 0 Å². The fourth-order valence-electron chi connectivity index (χ4n) is 7.40. The molecule has 3 heterocycles. The van der Waals surface area contributed by atoms with E-state index in [4.69, 9.17) is 9.97 Å². The largest absolute Gasteiger partial charge is 0.307 e. The number of para-hydroxylation sites is 3. The zero-order chi connectivity index (χ0) is 31.6. The van der Waals surface area contributed by atoms with Gasteiger partial charge in [-0.2, -0.15) is 0 Å². The normalized spacial score (nSPS) is 11.8. The van der Waals surface area contributed by atoms with E-state index in [1.165, 1.54) is 38.1 Å². The summed E-state index contributed by atoms with van der Waals surface area (Å²) in [5, 5.41) is 5.93. The van der Waals surface area contributed by atoms with E-state index in [9.17, 15) is 0 Å². The van der Waals surface area contributed by atoms with Crippen LogP contribution < -0.4 is 0 Å². The van der Waals surface area contributed by atoms with E-state index in [2.05, 4.69) is 155 Å². The summed E-state index contributed by atoms with van der Waals surface area (Å²) in [4.78, 5) is 10.3. The van der Waals surface area contributed by atoms with Crippen LogP contribution in [0.3, 0.4) is 0 Å². The Balaban J connectivity index is 1.34. The third-order valence-electron chi connectivity index (χ3n) is 9.50. The molecule has 0 spiro atoms. The van der Waals surface area contributed by atoms with E-state index in [1.54, 1.807) is 0 Å². The molecule has 48 heavy (non-hydrogen) atoms. The van der Waals surface area contributed by atoms with E-state index in [0.717, 1.165) is 44.6 Å². The van der Waals surface area contributed by atoms with Gasteiger partial charge in [-0.1, -0.05) is 127 Å². The third kappa shape index (κ3) is 3.96. The average molecular weight is 613 g/mol. The maximum atomic E-state index is 5.19. The van der Waals surface area contributed by atoms with Gasteiger partial charge in [-0.15, -0.1) is 0 Å². The summed E-state index contributed by atoms with van der Waals surface area (Å²) in [6, 6.07) is 60.1. The van der Waals surface area contributed by atoms with Crippen LogP contribution in [-0.4, -0.2) is 19.1 Å². The predicted molar refractivity (Wildman–Crippen MR) is 199 cm³/mol. The summed E-state index contributed by atoms with van der Waals surface area (Å²) in [6.45, 7) is 0. The minimum atomic E-state index is 0.716. The number of hydrogen-bond donors (Lipinski definition) is 0. The lowest BCUT2D eigenvalue weighted by molar-refractivity contribution is 1.15. The van der Waals surface area contributed by atoms with E-state index in [-0.39, 0.29) is 0 Å². The number of benzene rings is 7. The molecular weight excluding hydrogens is 585 g/mol. The highest BCUT2D eigenvalue weighted by Crippen LogP contribution is 2.42. The standard InChI is InChI=1S/C44H28N4/c1-4-14-29(15-5-1)41-37-25-24-32(28-38(37)45-44(46-41)30-16-6-2-7-17-30)48-40-23-13-11-21-34(40)36-27-26-35-33-20-10-12-22-39(33)47(42(35)43(36)48)31-18-8-3-9-19-31/h1-28H. The minimum absolute atomic E-state index is 0.716. The van der Waals surface area contributed by atoms with Crippen molar-refractivity contribution in [2.45, 2.75) is 0 Å². The van der Waals surface area contributed by atoms with Crippen LogP contribution in [0.25, 0.3) is 88.5 Å². The van der Waals surface area contributed by atoms with E-state index >= 15 is 0 Å². The van der Waals surface area contributed by atoms with E-state index in [1.807, 2.05) is 24.3 Å². The molecule has 10 rings (SSSR count). The van der Waals surface area contributed by atoms with Crippen molar-refractivity contribution in [1.29, 1.82) is 0 Å². The lowest BCUT2D eigenvalue weighted by Crippen LogP contribution is -2.00. The Morgan fingerprint density at radius 3 is 1.48 bits per heavy atom. The second-order valence-electron chi connectivity index (χ2n) is 12.2. The monoisotopic (exact) mass is 612 g/mol. The van der Waals surface area contributed by atoms with Gasteiger partial charge in [0.1, 0.15) is 0 Å². The van der Waals surface area contributed by atoms with Crippen molar-refractivity contribution >= 4 is 54.5 Å². The van der Waals surface area contributed by atoms with Crippen molar-refractivity contribution < 1.29 is 0 Å². The van der Waals surface area contributed by atoms with Gasteiger partial charge in [0.25, 0.3) is 0 Å². The summed E-state index contributed by atoms with van der Waals surface area (Å²) in [6.07, 6.45) is 0. The van der Waals surface area contributed by atoms with Gasteiger partial charge in [0.05, 0.1) is 33.3 Å². The lowest BCUT2D eigenvalue weighted by Gasteiger charge is -2.14. The molecule has 0 saturated heterocycles. The molecule has 3 aromatic heterocycles. The molecule has 0 aliphatic carbocycles. The van der Waals surface area contributed by atoms with Crippen LogP contribution in [-0.2, 0) is 0 Å². The molecule has 224 valence electrons. The van der Waals surface area contributed by atoms with Crippen LogP contribution in [0.5, 0.6) is 0 Å². The highest BCUT2D eigenvalue weighted by Gasteiger charge is 2.21. The summed E-state index contributed by atoms with van der Waals surface area (Å²) < 4.78 is 4.85. The Labute approximate surface area is 276 Å². The van der Waals surface area contributed by atoms with Gasteiger partial charge in [-0.25, -0.2) is 9.97 Å². The summed E-state index contributed by atoms with van der Waals surface area (Å²) in [5.41, 5.74) is 10.8. The van der Waals surface area contributed by atoms with Crippen LogP contribution in [0.15, 0.2) is 170 Å². The summed E-state index contributed by atoms with van der Waals surface area (Å²) >= 11 is 0. The number of nitrogens with zero attached hydrogens (tertiary/aromatic N) is 4. The first-order valence-corrected chi connectivity index (χ1v) is 16.3. The second-order valence-corrected chi connectivity index (χ2v) is 12.2. The number of rotatable bonds is 4. The van der Waals surface area contributed by atoms with Gasteiger partial charge in [-0.3, -0.25) is 0 Å². The maximum absolute atomic E-state index is 5.19. The zero-order valence-corrected chi connectivity index (χ0v) is 26.0. The molecule has 4 nitrogen and oxygen atoms in total. The molecule has 10 aromatic rings. The highest BCUT2D eigenvalue weighted by atomic mass is 15.0. The van der Waals surface area contributed by atoms with Crippen molar-refractivity contribution in [3.05, 3.63) is 170 Å². The van der Waals surface area contributed by atoms with Gasteiger partial charge in [0, 0.05) is 49.4 Å². The van der Waals surface area contributed by atoms with Gasteiger partial charge in [0.2, 0.25) is 0 Å². The van der Waals surface area contributed by atoms with Crippen molar-refractivity contribution in [2.75, 3.05) is 0 Å². The Morgan fingerprint density at radius 1 is 0.354 bits per heavy atom. The second kappa shape index (κ2) is 10.5. The highest BCUT2D eigenvalue weighted by molar-refractivity contribution is 6.23. The maximum Gasteiger partial charge on any atom is 0.160 e. The predicted octanol–water partition coefficient (Wildman–Crippen LogP) is 11.2. The third-order valence-corrected chi connectivity index (χ3v) is 9.50. The van der Waals surface area contributed by atoms with Crippen LogP contribution >= 0.6 is 0 Å².